The third-order valence-electron chi connectivity index (χ3n) is 4.13. The molecule has 2 N–H and O–H groups in total. The fourth-order valence-corrected chi connectivity index (χ4v) is 5.48. The van der Waals surface area contributed by atoms with Crippen LogP contribution in [0.4, 0.5) is 5.69 Å². The predicted octanol–water partition coefficient (Wildman–Crippen LogP) is 2.82. The zero-order valence-corrected chi connectivity index (χ0v) is 20.3. The molecule has 3 aromatic rings. The molecular weight excluding hydrogens is 488 g/mol. The number of nitrogens with one attached hydrogen (secondary N) is 2. The molecule has 3 rings (SSSR count). The Kier molecular flexibility index (Phi) is 7.66. The number of rotatable bonds is 10. The van der Waals surface area contributed by atoms with Crippen LogP contribution < -0.4 is 14.8 Å². The second-order valence-corrected chi connectivity index (χ2v) is 11.9. The molecule has 0 spiro atoms. The normalized spacial score (nSPS) is 11.7. The summed E-state index contributed by atoms with van der Waals surface area (Å²) in [6.07, 6.45) is 1.86. The van der Waals surface area contributed by atoms with E-state index in [0.29, 0.717) is 29.1 Å². The SMILES string of the molecule is CCCNC(=O)c1ccc(CS(=O)(=O)c2nnc(Oc3ccc(NS(C)(=O)=O)cc3)s2)cc1. The Bertz CT molecular complexity index is 1320. The number of sulfonamides is 1. The molecule has 33 heavy (non-hydrogen) atoms. The third kappa shape index (κ3) is 7.23. The number of amides is 1. The zero-order valence-electron chi connectivity index (χ0n) is 17.8. The van der Waals surface area contributed by atoms with Gasteiger partial charge in [0.1, 0.15) is 5.75 Å². The smallest absolute Gasteiger partial charge is 0.300 e. The van der Waals surface area contributed by atoms with Crippen molar-refractivity contribution in [3.63, 3.8) is 0 Å². The first kappa shape index (κ1) is 24.6. The highest BCUT2D eigenvalue weighted by Crippen LogP contribution is 2.29. The van der Waals surface area contributed by atoms with Crippen LogP contribution in [0, 0.1) is 0 Å². The summed E-state index contributed by atoms with van der Waals surface area (Å²) in [4.78, 5) is 12.0. The molecule has 0 unspecified atom stereocenters. The molecule has 1 amide bonds. The van der Waals surface area contributed by atoms with E-state index >= 15 is 0 Å². The van der Waals surface area contributed by atoms with Crippen LogP contribution in [0.1, 0.15) is 29.3 Å². The van der Waals surface area contributed by atoms with Crippen molar-refractivity contribution >= 4 is 42.8 Å². The summed E-state index contributed by atoms with van der Waals surface area (Å²) < 4.78 is 55.6. The number of sulfone groups is 1. The van der Waals surface area contributed by atoms with E-state index in [1.807, 2.05) is 6.92 Å². The number of hydrogen-bond acceptors (Lipinski definition) is 9. The van der Waals surface area contributed by atoms with Gasteiger partial charge < -0.3 is 10.1 Å². The number of hydrogen-bond donors (Lipinski definition) is 2. The molecule has 0 bridgehead atoms. The van der Waals surface area contributed by atoms with E-state index in [2.05, 4.69) is 20.2 Å². The van der Waals surface area contributed by atoms with Crippen molar-refractivity contribution in [3.05, 3.63) is 59.7 Å². The Labute approximate surface area is 196 Å². The van der Waals surface area contributed by atoms with Gasteiger partial charge in [-0.3, -0.25) is 9.52 Å². The average molecular weight is 511 g/mol. The molecule has 0 aliphatic carbocycles. The van der Waals surface area contributed by atoms with Crippen molar-refractivity contribution < 1.29 is 26.4 Å². The van der Waals surface area contributed by atoms with Crippen LogP contribution in [0.5, 0.6) is 10.9 Å². The maximum absolute atomic E-state index is 12.7. The topological polar surface area (TPSA) is 144 Å². The monoisotopic (exact) mass is 510 g/mol. The Morgan fingerprint density at radius 1 is 1.00 bits per heavy atom. The summed E-state index contributed by atoms with van der Waals surface area (Å²) in [7, 11) is -7.17. The van der Waals surface area contributed by atoms with Gasteiger partial charge >= 0.3 is 5.19 Å². The lowest BCUT2D eigenvalue weighted by atomic mass is 10.1. The van der Waals surface area contributed by atoms with Crippen LogP contribution in [-0.4, -0.2) is 45.7 Å². The lowest BCUT2D eigenvalue weighted by Crippen LogP contribution is -2.23. The molecule has 176 valence electrons. The van der Waals surface area contributed by atoms with Gasteiger partial charge in [-0.15, -0.1) is 5.10 Å². The van der Waals surface area contributed by atoms with Crippen molar-refractivity contribution in [3.8, 4) is 10.9 Å². The molecule has 0 saturated carbocycles. The molecule has 10 nitrogen and oxygen atoms in total. The van der Waals surface area contributed by atoms with Crippen LogP contribution in [0.25, 0.3) is 0 Å². The molecule has 0 atom stereocenters. The number of benzene rings is 2. The first-order valence-corrected chi connectivity index (χ1v) is 14.1. The summed E-state index contributed by atoms with van der Waals surface area (Å²) in [5, 5.41) is 10.3. The number of nitrogens with zero attached hydrogens (tertiary/aromatic N) is 2. The Balaban J connectivity index is 1.65. The van der Waals surface area contributed by atoms with Gasteiger partial charge in [-0.1, -0.05) is 24.2 Å². The van der Waals surface area contributed by atoms with E-state index in [0.717, 1.165) is 24.0 Å². The Morgan fingerprint density at radius 3 is 2.27 bits per heavy atom. The van der Waals surface area contributed by atoms with E-state index in [1.165, 1.54) is 24.3 Å². The van der Waals surface area contributed by atoms with Crippen molar-refractivity contribution in [2.75, 3.05) is 17.5 Å². The number of carbonyl (C=O) groups is 1. The number of aromatic nitrogens is 2. The third-order valence-corrected chi connectivity index (χ3v) is 7.67. The number of anilines is 1. The van der Waals surface area contributed by atoms with Crippen molar-refractivity contribution in [1.82, 2.24) is 15.5 Å². The maximum Gasteiger partial charge on any atom is 0.300 e. The maximum atomic E-state index is 12.7. The van der Waals surface area contributed by atoms with Gasteiger partial charge in [0.05, 0.1) is 12.0 Å². The van der Waals surface area contributed by atoms with E-state index < -0.39 is 19.9 Å². The molecule has 1 aromatic heterocycles. The van der Waals surface area contributed by atoms with Crippen LogP contribution in [0.15, 0.2) is 52.9 Å². The highest BCUT2D eigenvalue weighted by Gasteiger charge is 2.22. The minimum atomic E-state index is -3.77. The van der Waals surface area contributed by atoms with Gasteiger partial charge in [-0.05, 0) is 59.7 Å². The summed E-state index contributed by atoms with van der Waals surface area (Å²) in [5.74, 6) is -0.173. The van der Waals surface area contributed by atoms with Crippen molar-refractivity contribution in [1.29, 1.82) is 0 Å². The predicted molar refractivity (Wildman–Crippen MR) is 125 cm³/mol. The highest BCUT2D eigenvalue weighted by atomic mass is 32.2. The molecule has 0 saturated heterocycles. The summed E-state index contributed by atoms with van der Waals surface area (Å²) in [5.41, 5.74) is 1.32. The number of ether oxygens (including phenoxy) is 1. The largest absolute Gasteiger partial charge is 0.430 e. The molecule has 0 radical (unpaired) electrons. The highest BCUT2D eigenvalue weighted by molar-refractivity contribution is 7.92. The van der Waals surface area contributed by atoms with E-state index in [1.54, 1.807) is 24.3 Å². The van der Waals surface area contributed by atoms with Gasteiger partial charge in [0, 0.05) is 17.8 Å². The fourth-order valence-electron chi connectivity index (χ4n) is 2.64. The molecule has 0 aliphatic rings. The van der Waals surface area contributed by atoms with Crippen LogP contribution in [-0.2, 0) is 25.6 Å². The zero-order chi connectivity index (χ0) is 24.1. The van der Waals surface area contributed by atoms with Gasteiger partial charge in [-0.2, -0.15) is 0 Å². The van der Waals surface area contributed by atoms with Crippen LogP contribution in [0.3, 0.4) is 0 Å². The van der Waals surface area contributed by atoms with Crippen LogP contribution >= 0.6 is 11.3 Å². The summed E-state index contributed by atoms with van der Waals surface area (Å²) >= 11 is 0.777. The first-order valence-electron chi connectivity index (χ1n) is 9.75. The Hall–Kier alpha value is -3.03. The summed E-state index contributed by atoms with van der Waals surface area (Å²) in [6, 6.07) is 12.4. The minimum Gasteiger partial charge on any atom is -0.430 e. The first-order chi connectivity index (χ1) is 15.6. The van der Waals surface area contributed by atoms with Gasteiger partial charge in [0.15, 0.2) is 0 Å². The summed E-state index contributed by atoms with van der Waals surface area (Å²) in [6.45, 7) is 2.52. The molecule has 1 heterocycles. The quantitative estimate of drug-likeness (QED) is 0.424. The van der Waals surface area contributed by atoms with E-state index in [-0.39, 0.29) is 21.2 Å². The standard InChI is InChI=1S/C20H22N4O6S3/c1-3-12-21-18(25)15-6-4-14(5-7-15)13-33(28,29)20-23-22-19(31-20)30-17-10-8-16(9-11-17)24-32(2,26)27/h4-11,24H,3,12-13H2,1-2H3,(H,21,25). The lowest BCUT2D eigenvalue weighted by Gasteiger charge is -2.05. The lowest BCUT2D eigenvalue weighted by molar-refractivity contribution is 0.0953. The number of carbonyl (C=O) groups excluding carboxylic acids is 1. The van der Waals surface area contributed by atoms with Gasteiger partial charge in [0.2, 0.25) is 24.2 Å². The van der Waals surface area contributed by atoms with Crippen LogP contribution in [0.2, 0.25) is 0 Å². The van der Waals surface area contributed by atoms with Crippen molar-refractivity contribution in [2.24, 2.45) is 0 Å². The van der Waals surface area contributed by atoms with Crippen molar-refractivity contribution in [2.45, 2.75) is 23.4 Å². The van der Waals surface area contributed by atoms with E-state index in [4.69, 9.17) is 4.74 Å². The van der Waals surface area contributed by atoms with Gasteiger partial charge in [-0.25, -0.2) is 16.8 Å². The molecule has 2 aromatic carbocycles. The molecular formula is C20H22N4O6S3. The molecule has 0 fully saturated rings. The minimum absolute atomic E-state index is 0.0281. The second-order valence-electron chi connectivity index (χ2n) is 7.05. The molecule has 13 heteroatoms. The van der Waals surface area contributed by atoms with Gasteiger partial charge in [0.25, 0.3) is 5.91 Å². The fraction of sp³-hybridized carbons (Fsp3) is 0.250. The van der Waals surface area contributed by atoms with E-state index in [9.17, 15) is 21.6 Å². The molecule has 0 aliphatic heterocycles. The Morgan fingerprint density at radius 2 is 1.67 bits per heavy atom. The second kappa shape index (κ2) is 10.3. The average Bonchev–Trinajstić information content (AvgIpc) is 3.22.